The molecule has 1 saturated heterocycles. The van der Waals surface area contributed by atoms with Crippen LogP contribution in [-0.2, 0) is 22.6 Å². The average Bonchev–Trinajstić information content (AvgIpc) is 3.31. The molecule has 2 aliphatic heterocycles. The number of nitrogens with zero attached hydrogens (tertiary/aromatic N) is 1. The Hall–Kier alpha value is -3.86. The molecule has 5 rings (SSSR count). The predicted octanol–water partition coefficient (Wildman–Crippen LogP) is 4.63. The van der Waals surface area contributed by atoms with Gasteiger partial charge in [-0.05, 0) is 41.8 Å². The Morgan fingerprint density at radius 2 is 1.69 bits per heavy atom. The lowest BCUT2D eigenvalue weighted by molar-refractivity contribution is -0.140. The number of rotatable bonds is 4. The second-order valence-electron chi connectivity index (χ2n) is 8.28. The maximum absolute atomic E-state index is 13.2. The highest BCUT2D eigenvalue weighted by molar-refractivity contribution is 6.46. The Labute approximate surface area is 186 Å². The molecule has 0 unspecified atom stereocenters. The van der Waals surface area contributed by atoms with Gasteiger partial charge in [0.1, 0.15) is 17.6 Å². The van der Waals surface area contributed by atoms with Gasteiger partial charge in [0.2, 0.25) is 0 Å². The Morgan fingerprint density at radius 3 is 2.41 bits per heavy atom. The van der Waals surface area contributed by atoms with E-state index in [4.69, 9.17) is 4.74 Å². The summed E-state index contributed by atoms with van der Waals surface area (Å²) in [6.45, 7) is 2.27. The van der Waals surface area contributed by atoms with Gasteiger partial charge < -0.3 is 14.7 Å². The first kappa shape index (κ1) is 20.1. The van der Waals surface area contributed by atoms with E-state index in [1.54, 1.807) is 6.07 Å². The van der Waals surface area contributed by atoms with Gasteiger partial charge in [0.15, 0.2) is 0 Å². The summed E-state index contributed by atoms with van der Waals surface area (Å²) in [4.78, 5) is 27.8. The second kappa shape index (κ2) is 8.00. The molecule has 5 heteroatoms. The standard InChI is InChI=1S/C27H23NO4/c1-17-14-21-15-20(12-13-22(21)32-17)25(29)23-24(19-10-6-3-7-11-19)28(27(31)26(23)30)16-18-8-4-2-5-9-18/h2-13,15,17,24,29H,14,16H2,1H3/t17-,24-/m1/s1. The molecule has 3 aromatic carbocycles. The molecule has 0 aromatic heterocycles. The van der Waals surface area contributed by atoms with Crippen molar-refractivity contribution in [2.45, 2.75) is 32.0 Å². The van der Waals surface area contributed by atoms with E-state index in [0.717, 1.165) is 28.9 Å². The molecule has 0 spiro atoms. The first-order valence-electron chi connectivity index (χ1n) is 10.7. The van der Waals surface area contributed by atoms with Crippen molar-refractivity contribution in [1.29, 1.82) is 0 Å². The topological polar surface area (TPSA) is 66.8 Å². The Kier molecular flexibility index (Phi) is 5.02. The van der Waals surface area contributed by atoms with E-state index in [-0.39, 0.29) is 24.0 Å². The molecule has 5 nitrogen and oxygen atoms in total. The summed E-state index contributed by atoms with van der Waals surface area (Å²) >= 11 is 0. The zero-order valence-electron chi connectivity index (χ0n) is 17.7. The van der Waals surface area contributed by atoms with Gasteiger partial charge in [0.25, 0.3) is 11.7 Å². The number of benzene rings is 3. The van der Waals surface area contributed by atoms with Crippen LogP contribution in [0.3, 0.4) is 0 Å². The van der Waals surface area contributed by atoms with Gasteiger partial charge in [0.05, 0.1) is 11.6 Å². The van der Waals surface area contributed by atoms with Crippen LogP contribution in [0.4, 0.5) is 0 Å². The van der Waals surface area contributed by atoms with Gasteiger partial charge in [-0.3, -0.25) is 9.59 Å². The number of ketones is 1. The number of carbonyl (C=O) groups is 2. The van der Waals surface area contributed by atoms with E-state index in [1.807, 2.05) is 79.7 Å². The van der Waals surface area contributed by atoms with Gasteiger partial charge in [-0.15, -0.1) is 0 Å². The molecule has 0 radical (unpaired) electrons. The summed E-state index contributed by atoms with van der Waals surface area (Å²) in [5.41, 5.74) is 3.31. The van der Waals surface area contributed by atoms with Crippen LogP contribution in [0.2, 0.25) is 0 Å². The summed E-state index contributed by atoms with van der Waals surface area (Å²) in [6, 6.07) is 23.6. The van der Waals surface area contributed by atoms with Crippen molar-refractivity contribution < 1.29 is 19.4 Å². The number of hydrogen-bond acceptors (Lipinski definition) is 4. The third kappa shape index (κ3) is 3.46. The summed E-state index contributed by atoms with van der Waals surface area (Å²) < 4.78 is 5.75. The lowest BCUT2D eigenvalue weighted by Crippen LogP contribution is -2.29. The molecular formula is C27H23NO4. The maximum Gasteiger partial charge on any atom is 0.295 e. The monoisotopic (exact) mass is 425 g/mol. The summed E-state index contributed by atoms with van der Waals surface area (Å²) in [7, 11) is 0. The van der Waals surface area contributed by atoms with E-state index in [1.165, 1.54) is 4.90 Å². The fourth-order valence-electron chi connectivity index (χ4n) is 4.53. The van der Waals surface area contributed by atoms with Gasteiger partial charge in [-0.25, -0.2) is 0 Å². The minimum atomic E-state index is -0.669. The molecule has 160 valence electrons. The molecule has 2 heterocycles. The zero-order chi connectivity index (χ0) is 22.2. The first-order chi connectivity index (χ1) is 15.5. The van der Waals surface area contributed by atoms with E-state index in [0.29, 0.717) is 5.56 Å². The van der Waals surface area contributed by atoms with Gasteiger partial charge in [0, 0.05) is 18.5 Å². The number of aliphatic hydroxyl groups is 1. The molecule has 0 bridgehead atoms. The van der Waals surface area contributed by atoms with Crippen LogP contribution in [0.25, 0.3) is 5.76 Å². The minimum Gasteiger partial charge on any atom is -0.507 e. The molecule has 0 saturated carbocycles. The predicted molar refractivity (Wildman–Crippen MR) is 121 cm³/mol. The second-order valence-corrected chi connectivity index (χ2v) is 8.28. The van der Waals surface area contributed by atoms with E-state index in [9.17, 15) is 14.7 Å². The minimum absolute atomic E-state index is 0.0724. The molecule has 1 amide bonds. The molecule has 2 atom stereocenters. The van der Waals surface area contributed by atoms with Crippen LogP contribution >= 0.6 is 0 Å². The van der Waals surface area contributed by atoms with Gasteiger partial charge in [-0.2, -0.15) is 0 Å². The molecule has 1 N–H and O–H groups in total. The van der Waals surface area contributed by atoms with Crippen molar-refractivity contribution in [2.75, 3.05) is 0 Å². The number of likely N-dealkylation sites (tertiary alicyclic amines) is 1. The van der Waals surface area contributed by atoms with Crippen molar-refractivity contribution in [3.63, 3.8) is 0 Å². The van der Waals surface area contributed by atoms with Crippen molar-refractivity contribution in [1.82, 2.24) is 4.90 Å². The molecular weight excluding hydrogens is 402 g/mol. The third-order valence-corrected chi connectivity index (χ3v) is 6.02. The number of aliphatic hydroxyl groups excluding tert-OH is 1. The normalized spacial score (nSPS) is 21.5. The highest BCUT2D eigenvalue weighted by Gasteiger charge is 2.46. The van der Waals surface area contributed by atoms with Crippen molar-refractivity contribution in [3.05, 3.63) is 107 Å². The molecule has 3 aromatic rings. The Morgan fingerprint density at radius 1 is 1.00 bits per heavy atom. The average molecular weight is 425 g/mol. The van der Waals surface area contributed by atoms with Crippen molar-refractivity contribution in [3.8, 4) is 5.75 Å². The first-order valence-corrected chi connectivity index (χ1v) is 10.7. The fraction of sp³-hybridized carbons (Fsp3) is 0.185. The van der Waals surface area contributed by atoms with E-state index >= 15 is 0 Å². The lowest BCUT2D eigenvalue weighted by atomic mass is 9.94. The van der Waals surface area contributed by atoms with Crippen LogP contribution in [0.15, 0.2) is 84.4 Å². The molecule has 32 heavy (non-hydrogen) atoms. The fourth-order valence-corrected chi connectivity index (χ4v) is 4.53. The number of fused-ring (bicyclic) bond motifs is 1. The largest absolute Gasteiger partial charge is 0.507 e. The van der Waals surface area contributed by atoms with Gasteiger partial charge >= 0.3 is 0 Å². The van der Waals surface area contributed by atoms with Crippen LogP contribution in [0.5, 0.6) is 5.75 Å². The highest BCUT2D eigenvalue weighted by atomic mass is 16.5. The highest BCUT2D eigenvalue weighted by Crippen LogP contribution is 2.41. The number of carbonyl (C=O) groups excluding carboxylic acids is 2. The molecule has 0 aliphatic carbocycles. The smallest absolute Gasteiger partial charge is 0.295 e. The van der Waals surface area contributed by atoms with E-state index in [2.05, 4.69) is 0 Å². The molecule has 2 aliphatic rings. The Bertz CT molecular complexity index is 1220. The third-order valence-electron chi connectivity index (χ3n) is 6.02. The summed E-state index contributed by atoms with van der Waals surface area (Å²) in [6.07, 6.45) is 0.809. The van der Waals surface area contributed by atoms with Crippen LogP contribution in [0, 0.1) is 0 Å². The number of Topliss-reactive ketones (excluding diaryl/α,β-unsaturated/α-hetero) is 1. The lowest BCUT2D eigenvalue weighted by Gasteiger charge is -2.25. The SMILES string of the molecule is C[C@@H]1Cc2cc(C(O)=C3C(=O)C(=O)N(Cc4ccccc4)[C@@H]3c3ccccc3)ccc2O1. The Balaban J connectivity index is 1.62. The van der Waals surface area contributed by atoms with Gasteiger partial charge in [-0.1, -0.05) is 60.7 Å². The van der Waals surface area contributed by atoms with Crippen molar-refractivity contribution in [2.24, 2.45) is 0 Å². The van der Waals surface area contributed by atoms with Crippen LogP contribution in [-0.4, -0.2) is 27.8 Å². The number of amides is 1. The summed E-state index contributed by atoms with van der Waals surface area (Å²) in [5, 5.41) is 11.3. The molecule has 1 fully saturated rings. The number of ether oxygens (including phenoxy) is 1. The van der Waals surface area contributed by atoms with Crippen LogP contribution in [0.1, 0.15) is 35.2 Å². The maximum atomic E-state index is 13.2. The van der Waals surface area contributed by atoms with E-state index < -0.39 is 17.7 Å². The number of hydrogen-bond donors (Lipinski definition) is 1. The van der Waals surface area contributed by atoms with Crippen molar-refractivity contribution >= 4 is 17.4 Å². The summed E-state index contributed by atoms with van der Waals surface area (Å²) in [5.74, 6) is -0.645. The van der Waals surface area contributed by atoms with Crippen LogP contribution < -0.4 is 4.74 Å². The zero-order valence-corrected chi connectivity index (χ0v) is 17.7. The quantitative estimate of drug-likeness (QED) is 0.376.